The number of carbonyl (C=O) groups excluding carboxylic acids is 2. The first kappa shape index (κ1) is 24.0. The van der Waals surface area contributed by atoms with Crippen LogP contribution in [-0.4, -0.2) is 40.7 Å². The number of sulfone groups is 1. The van der Waals surface area contributed by atoms with E-state index in [9.17, 15) is 18.0 Å². The van der Waals surface area contributed by atoms with E-state index in [4.69, 9.17) is 9.47 Å². The summed E-state index contributed by atoms with van der Waals surface area (Å²) in [7, 11) is -1.96. The summed E-state index contributed by atoms with van der Waals surface area (Å²) in [5, 5.41) is 5.32. The monoisotopic (exact) mass is 468 g/mol. The molecule has 2 N–H and O–H groups in total. The van der Waals surface area contributed by atoms with Crippen molar-refractivity contribution in [1.29, 1.82) is 0 Å². The minimum absolute atomic E-state index is 0.126. The van der Waals surface area contributed by atoms with Crippen molar-refractivity contribution in [2.24, 2.45) is 0 Å². The molecule has 0 bridgehead atoms. The molecule has 0 aliphatic heterocycles. The van der Waals surface area contributed by atoms with Crippen LogP contribution in [0.1, 0.15) is 15.9 Å². The Kier molecular flexibility index (Phi) is 8.17. The Morgan fingerprint density at radius 3 is 2.15 bits per heavy atom. The van der Waals surface area contributed by atoms with Crippen LogP contribution in [0.5, 0.6) is 0 Å². The van der Waals surface area contributed by atoms with E-state index in [0.29, 0.717) is 29.1 Å². The smallest absolute Gasteiger partial charge is 0.411 e. The Hall–Kier alpha value is -3.69. The number of rotatable bonds is 9. The average Bonchev–Trinajstić information content (AvgIpc) is 2.80. The van der Waals surface area contributed by atoms with Crippen LogP contribution in [0.2, 0.25) is 0 Å². The van der Waals surface area contributed by atoms with Crippen LogP contribution in [0.4, 0.5) is 16.2 Å². The van der Waals surface area contributed by atoms with Crippen molar-refractivity contribution in [3.05, 3.63) is 90.0 Å². The topological polar surface area (TPSA) is 111 Å². The van der Waals surface area contributed by atoms with Gasteiger partial charge in [0.25, 0.3) is 5.91 Å². The molecule has 0 heterocycles. The Labute approximate surface area is 192 Å². The summed E-state index contributed by atoms with van der Waals surface area (Å²) in [6.07, 6.45) is -0.628. The zero-order valence-electron chi connectivity index (χ0n) is 18.0. The van der Waals surface area contributed by atoms with Gasteiger partial charge in [-0.15, -0.1) is 0 Å². The predicted molar refractivity (Wildman–Crippen MR) is 125 cm³/mol. The molecule has 172 valence electrons. The van der Waals surface area contributed by atoms with Crippen molar-refractivity contribution >= 4 is 33.2 Å². The molecule has 0 aromatic heterocycles. The van der Waals surface area contributed by atoms with Gasteiger partial charge < -0.3 is 14.8 Å². The zero-order chi connectivity index (χ0) is 23.7. The molecule has 33 heavy (non-hydrogen) atoms. The first-order chi connectivity index (χ1) is 15.9. The van der Waals surface area contributed by atoms with Crippen LogP contribution in [0.3, 0.4) is 0 Å². The highest BCUT2D eigenvalue weighted by molar-refractivity contribution is 7.90. The van der Waals surface area contributed by atoms with Gasteiger partial charge >= 0.3 is 6.09 Å². The van der Waals surface area contributed by atoms with E-state index < -0.39 is 15.9 Å². The fourth-order valence-electron chi connectivity index (χ4n) is 2.93. The summed E-state index contributed by atoms with van der Waals surface area (Å²) in [4.78, 5) is 24.6. The largest absolute Gasteiger partial charge is 0.447 e. The molecular formula is C24H24N2O6S. The highest BCUT2D eigenvalue weighted by atomic mass is 32.2. The average molecular weight is 469 g/mol. The molecular weight excluding hydrogens is 444 g/mol. The summed E-state index contributed by atoms with van der Waals surface area (Å²) < 4.78 is 34.8. The minimum Gasteiger partial charge on any atom is -0.447 e. The van der Waals surface area contributed by atoms with Gasteiger partial charge in [-0.2, -0.15) is 0 Å². The van der Waals surface area contributed by atoms with E-state index in [1.54, 1.807) is 78.9 Å². The summed E-state index contributed by atoms with van der Waals surface area (Å²) in [5.41, 5.74) is 1.88. The van der Waals surface area contributed by atoms with Crippen molar-refractivity contribution < 1.29 is 27.5 Å². The third-order valence-corrected chi connectivity index (χ3v) is 6.27. The molecule has 0 unspecified atom stereocenters. The molecule has 3 aromatic rings. The lowest BCUT2D eigenvalue weighted by molar-refractivity contribution is 0.102. The fraction of sp³-hybridized carbons (Fsp3) is 0.167. The second-order valence-corrected chi connectivity index (χ2v) is 9.05. The number of nitrogens with one attached hydrogen (secondary N) is 2. The first-order valence-corrected chi connectivity index (χ1v) is 11.7. The lowest BCUT2D eigenvalue weighted by atomic mass is 10.1. The van der Waals surface area contributed by atoms with E-state index in [2.05, 4.69) is 10.6 Å². The normalized spacial score (nSPS) is 10.9. The van der Waals surface area contributed by atoms with Gasteiger partial charge in [0.1, 0.15) is 6.61 Å². The van der Waals surface area contributed by atoms with E-state index in [1.807, 2.05) is 0 Å². The predicted octanol–water partition coefficient (Wildman–Crippen LogP) is 4.11. The summed E-state index contributed by atoms with van der Waals surface area (Å²) in [6, 6.07) is 21.2. The van der Waals surface area contributed by atoms with Crippen LogP contribution in [0.15, 0.2) is 83.8 Å². The molecule has 3 rings (SSSR count). The van der Waals surface area contributed by atoms with Crippen molar-refractivity contribution in [2.45, 2.75) is 10.6 Å². The lowest BCUT2D eigenvalue weighted by Crippen LogP contribution is -2.17. The second-order valence-electron chi connectivity index (χ2n) is 7.06. The highest BCUT2D eigenvalue weighted by Gasteiger charge is 2.15. The third kappa shape index (κ3) is 7.16. The second kappa shape index (κ2) is 11.3. The van der Waals surface area contributed by atoms with Crippen molar-refractivity contribution in [2.75, 3.05) is 31.0 Å². The molecule has 0 fully saturated rings. The minimum atomic E-state index is -3.47. The molecule has 0 atom stereocenters. The van der Waals surface area contributed by atoms with Crippen LogP contribution in [-0.2, 0) is 25.1 Å². The van der Waals surface area contributed by atoms with Crippen molar-refractivity contribution in [1.82, 2.24) is 0 Å². The number of anilines is 2. The maximum absolute atomic E-state index is 12.6. The zero-order valence-corrected chi connectivity index (χ0v) is 18.8. The Bertz CT molecular complexity index is 1200. The number of ether oxygens (including phenoxy) is 2. The number of amides is 2. The van der Waals surface area contributed by atoms with Gasteiger partial charge in [-0.05, 0) is 48.0 Å². The SMILES string of the molecule is COCCOC(=O)Nc1cccc(NC(=O)c2ccc(CS(=O)(=O)c3ccccc3)cc2)c1. The molecule has 3 aromatic carbocycles. The molecule has 0 spiro atoms. The van der Waals surface area contributed by atoms with E-state index in [0.717, 1.165) is 0 Å². The summed E-state index contributed by atoms with van der Waals surface area (Å²) in [6.45, 7) is 0.419. The van der Waals surface area contributed by atoms with Gasteiger partial charge in [-0.3, -0.25) is 10.1 Å². The molecule has 0 aliphatic rings. The van der Waals surface area contributed by atoms with Crippen LogP contribution in [0, 0.1) is 0 Å². The first-order valence-electron chi connectivity index (χ1n) is 10.1. The van der Waals surface area contributed by atoms with Crippen LogP contribution >= 0.6 is 0 Å². The number of hydrogen-bond acceptors (Lipinski definition) is 6. The van der Waals surface area contributed by atoms with Gasteiger partial charge in [0.2, 0.25) is 0 Å². The number of benzene rings is 3. The van der Waals surface area contributed by atoms with Crippen molar-refractivity contribution in [3.63, 3.8) is 0 Å². The van der Waals surface area contributed by atoms with Crippen LogP contribution in [0.25, 0.3) is 0 Å². The Morgan fingerprint density at radius 1 is 0.818 bits per heavy atom. The fourth-order valence-corrected chi connectivity index (χ4v) is 4.30. The maximum atomic E-state index is 12.6. The quantitative estimate of drug-likeness (QED) is 0.457. The van der Waals surface area contributed by atoms with Gasteiger partial charge in [-0.25, -0.2) is 13.2 Å². The van der Waals surface area contributed by atoms with Gasteiger partial charge in [0, 0.05) is 24.0 Å². The molecule has 0 saturated heterocycles. The standard InChI is InChI=1S/C24H24N2O6S/c1-31-14-15-32-24(28)26-21-7-5-6-20(16-21)25-23(27)19-12-10-18(11-13-19)17-33(29,30)22-8-3-2-4-9-22/h2-13,16H,14-15,17H2,1H3,(H,25,27)(H,26,28). The molecule has 2 amide bonds. The molecule has 0 aliphatic carbocycles. The van der Waals surface area contributed by atoms with Gasteiger partial charge in [0.05, 0.1) is 17.3 Å². The highest BCUT2D eigenvalue weighted by Crippen LogP contribution is 2.19. The third-order valence-electron chi connectivity index (χ3n) is 4.56. The molecule has 0 radical (unpaired) electrons. The van der Waals surface area contributed by atoms with Gasteiger partial charge in [0.15, 0.2) is 9.84 Å². The maximum Gasteiger partial charge on any atom is 0.411 e. The number of methoxy groups -OCH3 is 1. The summed E-state index contributed by atoms with van der Waals surface area (Å²) in [5.74, 6) is -0.528. The van der Waals surface area contributed by atoms with E-state index in [-0.39, 0.29) is 23.2 Å². The van der Waals surface area contributed by atoms with E-state index >= 15 is 0 Å². The van der Waals surface area contributed by atoms with Crippen molar-refractivity contribution in [3.8, 4) is 0 Å². The summed E-state index contributed by atoms with van der Waals surface area (Å²) >= 11 is 0. The number of hydrogen-bond donors (Lipinski definition) is 2. The van der Waals surface area contributed by atoms with Crippen LogP contribution < -0.4 is 10.6 Å². The molecule has 9 heteroatoms. The molecule has 8 nitrogen and oxygen atoms in total. The Balaban J connectivity index is 1.60. The lowest BCUT2D eigenvalue weighted by Gasteiger charge is -2.10. The Morgan fingerprint density at radius 2 is 1.48 bits per heavy atom. The number of carbonyl (C=O) groups is 2. The van der Waals surface area contributed by atoms with Gasteiger partial charge in [-0.1, -0.05) is 36.4 Å². The molecule has 0 saturated carbocycles. The van der Waals surface area contributed by atoms with E-state index in [1.165, 1.54) is 7.11 Å².